The third kappa shape index (κ3) is 4.51. The maximum Gasteiger partial charge on any atom is 0.123 e. The molecule has 0 aromatic heterocycles. The SMILES string of the molecule is COc1ccc(C(C)(C)C)cc1C(N)CNC(C)C. The standard InChI is InChI=1S/C16H28N2O/c1-11(2)18-10-14(17)13-9-12(16(3,4)5)7-8-15(13)19-6/h7-9,11,14,18H,10,17H2,1-6H3. The Morgan fingerprint density at radius 1 is 1.26 bits per heavy atom. The number of hydrogen-bond donors (Lipinski definition) is 2. The van der Waals surface area contributed by atoms with Crippen LogP contribution < -0.4 is 15.8 Å². The molecule has 1 atom stereocenters. The zero-order valence-corrected chi connectivity index (χ0v) is 13.1. The molecular weight excluding hydrogens is 236 g/mol. The van der Waals surface area contributed by atoms with Crippen molar-refractivity contribution in [2.45, 2.75) is 52.1 Å². The summed E-state index contributed by atoms with van der Waals surface area (Å²) in [4.78, 5) is 0. The molecule has 0 bridgehead atoms. The predicted octanol–water partition coefficient (Wildman–Crippen LogP) is 2.99. The van der Waals surface area contributed by atoms with Crippen molar-refractivity contribution in [3.05, 3.63) is 29.3 Å². The second kappa shape index (κ2) is 6.40. The van der Waals surface area contributed by atoms with Crippen LogP contribution in [-0.4, -0.2) is 19.7 Å². The average Bonchev–Trinajstić information content (AvgIpc) is 2.33. The zero-order valence-electron chi connectivity index (χ0n) is 13.1. The smallest absolute Gasteiger partial charge is 0.123 e. The Morgan fingerprint density at radius 2 is 1.89 bits per heavy atom. The van der Waals surface area contributed by atoms with Gasteiger partial charge in [-0.15, -0.1) is 0 Å². The monoisotopic (exact) mass is 264 g/mol. The van der Waals surface area contributed by atoms with Crippen molar-refractivity contribution in [3.63, 3.8) is 0 Å². The third-order valence-corrected chi connectivity index (χ3v) is 3.24. The van der Waals surface area contributed by atoms with Gasteiger partial charge in [0.1, 0.15) is 5.75 Å². The zero-order chi connectivity index (χ0) is 14.6. The Hall–Kier alpha value is -1.06. The molecule has 0 spiro atoms. The summed E-state index contributed by atoms with van der Waals surface area (Å²) < 4.78 is 5.43. The van der Waals surface area contributed by atoms with E-state index < -0.39 is 0 Å². The second-order valence-electron chi connectivity index (χ2n) is 6.38. The van der Waals surface area contributed by atoms with Gasteiger partial charge in [0.15, 0.2) is 0 Å². The van der Waals surface area contributed by atoms with Crippen molar-refractivity contribution in [3.8, 4) is 5.75 Å². The largest absolute Gasteiger partial charge is 0.496 e. The number of nitrogens with one attached hydrogen (secondary N) is 1. The summed E-state index contributed by atoms with van der Waals surface area (Å²) in [6.07, 6.45) is 0. The van der Waals surface area contributed by atoms with Crippen LogP contribution in [0.5, 0.6) is 5.75 Å². The fraction of sp³-hybridized carbons (Fsp3) is 0.625. The topological polar surface area (TPSA) is 47.3 Å². The number of rotatable bonds is 5. The summed E-state index contributed by atoms with van der Waals surface area (Å²) in [6.45, 7) is 11.6. The van der Waals surface area contributed by atoms with Gasteiger partial charge < -0.3 is 15.8 Å². The summed E-state index contributed by atoms with van der Waals surface area (Å²) in [5.74, 6) is 0.867. The van der Waals surface area contributed by atoms with Crippen LogP contribution in [0, 0.1) is 0 Å². The highest BCUT2D eigenvalue weighted by molar-refractivity contribution is 5.41. The van der Waals surface area contributed by atoms with E-state index in [0.717, 1.165) is 17.9 Å². The van der Waals surface area contributed by atoms with E-state index in [2.05, 4.69) is 52.1 Å². The Bertz CT molecular complexity index is 408. The molecule has 1 unspecified atom stereocenters. The first-order chi connectivity index (χ1) is 8.75. The van der Waals surface area contributed by atoms with Crippen LogP contribution in [0.25, 0.3) is 0 Å². The van der Waals surface area contributed by atoms with Gasteiger partial charge in [-0.3, -0.25) is 0 Å². The molecule has 3 nitrogen and oxygen atoms in total. The lowest BCUT2D eigenvalue weighted by atomic mass is 9.85. The van der Waals surface area contributed by atoms with Gasteiger partial charge in [0.2, 0.25) is 0 Å². The van der Waals surface area contributed by atoms with Gasteiger partial charge in [0.25, 0.3) is 0 Å². The summed E-state index contributed by atoms with van der Waals surface area (Å²) in [5, 5.41) is 3.37. The van der Waals surface area contributed by atoms with Crippen LogP contribution in [0.3, 0.4) is 0 Å². The molecule has 0 aliphatic rings. The number of ether oxygens (including phenoxy) is 1. The molecule has 0 aliphatic carbocycles. The first-order valence-corrected chi connectivity index (χ1v) is 6.93. The molecule has 0 aliphatic heterocycles. The minimum atomic E-state index is -0.0559. The molecule has 0 fully saturated rings. The summed E-state index contributed by atoms with van der Waals surface area (Å²) in [6, 6.07) is 6.68. The number of methoxy groups -OCH3 is 1. The first-order valence-electron chi connectivity index (χ1n) is 6.93. The van der Waals surface area contributed by atoms with E-state index in [1.54, 1.807) is 7.11 Å². The number of nitrogens with two attached hydrogens (primary N) is 1. The van der Waals surface area contributed by atoms with Gasteiger partial charge in [0.05, 0.1) is 7.11 Å². The maximum atomic E-state index is 6.29. The predicted molar refractivity (Wildman–Crippen MR) is 81.8 cm³/mol. The summed E-state index contributed by atoms with van der Waals surface area (Å²) in [7, 11) is 1.69. The quantitative estimate of drug-likeness (QED) is 0.859. The molecule has 0 saturated heterocycles. The molecule has 0 amide bonds. The molecule has 0 radical (unpaired) electrons. The normalized spacial score (nSPS) is 13.7. The Balaban J connectivity index is 3.02. The van der Waals surface area contributed by atoms with Crippen molar-refractivity contribution in [1.29, 1.82) is 0 Å². The minimum absolute atomic E-state index is 0.0559. The van der Waals surface area contributed by atoms with E-state index in [4.69, 9.17) is 10.5 Å². The summed E-state index contributed by atoms with van der Waals surface area (Å²) in [5.41, 5.74) is 8.76. The Morgan fingerprint density at radius 3 is 2.37 bits per heavy atom. The van der Waals surface area contributed by atoms with Crippen LogP contribution in [0.4, 0.5) is 0 Å². The molecular formula is C16H28N2O. The van der Waals surface area contributed by atoms with Gasteiger partial charge in [-0.1, -0.05) is 40.7 Å². The molecule has 1 aromatic rings. The van der Waals surface area contributed by atoms with E-state index >= 15 is 0 Å². The fourth-order valence-corrected chi connectivity index (χ4v) is 1.96. The van der Waals surface area contributed by atoms with Crippen LogP contribution in [-0.2, 0) is 5.41 Å². The van der Waals surface area contributed by atoms with E-state index in [0.29, 0.717) is 6.04 Å². The van der Waals surface area contributed by atoms with Crippen LogP contribution >= 0.6 is 0 Å². The van der Waals surface area contributed by atoms with Crippen molar-refractivity contribution in [2.75, 3.05) is 13.7 Å². The Labute approximate surface area is 117 Å². The van der Waals surface area contributed by atoms with Crippen LogP contribution in [0.15, 0.2) is 18.2 Å². The van der Waals surface area contributed by atoms with Gasteiger partial charge in [-0.2, -0.15) is 0 Å². The molecule has 1 aromatic carbocycles. The number of hydrogen-bond acceptors (Lipinski definition) is 3. The van der Waals surface area contributed by atoms with Gasteiger partial charge in [0, 0.05) is 24.2 Å². The van der Waals surface area contributed by atoms with Gasteiger partial charge in [-0.25, -0.2) is 0 Å². The van der Waals surface area contributed by atoms with E-state index in [9.17, 15) is 0 Å². The van der Waals surface area contributed by atoms with E-state index in [1.807, 2.05) is 6.07 Å². The van der Waals surface area contributed by atoms with Crippen molar-refractivity contribution >= 4 is 0 Å². The molecule has 0 heterocycles. The highest BCUT2D eigenvalue weighted by Gasteiger charge is 2.18. The van der Waals surface area contributed by atoms with Crippen molar-refractivity contribution in [2.24, 2.45) is 5.73 Å². The second-order valence-corrected chi connectivity index (χ2v) is 6.38. The minimum Gasteiger partial charge on any atom is -0.496 e. The van der Waals surface area contributed by atoms with Crippen molar-refractivity contribution < 1.29 is 4.74 Å². The molecule has 3 N–H and O–H groups in total. The maximum absolute atomic E-state index is 6.29. The van der Waals surface area contributed by atoms with Crippen LogP contribution in [0.2, 0.25) is 0 Å². The van der Waals surface area contributed by atoms with Gasteiger partial charge >= 0.3 is 0 Å². The average molecular weight is 264 g/mol. The fourth-order valence-electron chi connectivity index (χ4n) is 1.96. The molecule has 108 valence electrons. The lowest BCUT2D eigenvalue weighted by molar-refractivity contribution is 0.402. The summed E-state index contributed by atoms with van der Waals surface area (Å²) >= 11 is 0. The van der Waals surface area contributed by atoms with Crippen molar-refractivity contribution in [1.82, 2.24) is 5.32 Å². The number of benzene rings is 1. The molecule has 3 heteroatoms. The Kier molecular flexibility index (Phi) is 5.39. The lowest BCUT2D eigenvalue weighted by Crippen LogP contribution is -2.32. The molecule has 0 saturated carbocycles. The van der Waals surface area contributed by atoms with Crippen LogP contribution in [0.1, 0.15) is 51.8 Å². The third-order valence-electron chi connectivity index (χ3n) is 3.24. The highest BCUT2D eigenvalue weighted by Crippen LogP contribution is 2.30. The van der Waals surface area contributed by atoms with Gasteiger partial charge in [-0.05, 0) is 23.1 Å². The molecule has 1 rings (SSSR count). The lowest BCUT2D eigenvalue weighted by Gasteiger charge is -2.23. The van der Waals surface area contributed by atoms with E-state index in [-0.39, 0.29) is 11.5 Å². The van der Waals surface area contributed by atoms with E-state index in [1.165, 1.54) is 5.56 Å². The highest BCUT2D eigenvalue weighted by atomic mass is 16.5. The first kappa shape index (κ1) is 16.0. The molecule has 19 heavy (non-hydrogen) atoms.